The van der Waals surface area contributed by atoms with Crippen LogP contribution in [0.5, 0.6) is 0 Å². The molecule has 1 N–H and O–H groups in total. The maximum atomic E-state index is 12.9. The van der Waals surface area contributed by atoms with Crippen LogP contribution < -0.4 is 5.32 Å². The number of sulfone groups is 1. The summed E-state index contributed by atoms with van der Waals surface area (Å²) in [6.45, 7) is 5.58. The number of aliphatic imine (C=N–C) groups is 1. The molecule has 0 fully saturated rings. The Kier molecular flexibility index (Phi) is 6.89. The monoisotopic (exact) mass is 462 g/mol. The lowest BCUT2D eigenvalue weighted by Crippen LogP contribution is -2.19. The average Bonchev–Trinajstić information content (AvgIpc) is 3.22. The van der Waals surface area contributed by atoms with Crippen molar-refractivity contribution in [1.82, 2.24) is 4.98 Å². The van der Waals surface area contributed by atoms with Crippen LogP contribution in [0.1, 0.15) is 12.5 Å². The van der Waals surface area contributed by atoms with Crippen molar-refractivity contribution < 1.29 is 17.6 Å². The smallest absolute Gasteiger partial charge is 0.257 e. The maximum absolute atomic E-state index is 12.9. The number of nitriles is 1. The minimum atomic E-state index is -3.78. The zero-order valence-corrected chi connectivity index (χ0v) is 19.2. The van der Waals surface area contributed by atoms with E-state index in [1.54, 1.807) is 24.3 Å². The van der Waals surface area contributed by atoms with Crippen LogP contribution in [0, 0.1) is 11.3 Å². The number of nitrogens with zero attached hydrogens (tertiary/aromatic N) is 3. The quantitative estimate of drug-likeness (QED) is 0.320. The van der Waals surface area contributed by atoms with Gasteiger partial charge in [-0.15, -0.1) is 0 Å². The van der Waals surface area contributed by atoms with Crippen molar-refractivity contribution >= 4 is 38.2 Å². The number of benzene rings is 2. The summed E-state index contributed by atoms with van der Waals surface area (Å²) in [6, 6.07) is 14.6. The number of fused-ring (bicyclic) bond motifs is 1. The first kappa shape index (κ1) is 23.6. The first-order chi connectivity index (χ1) is 15.7. The van der Waals surface area contributed by atoms with Crippen molar-refractivity contribution in [2.75, 3.05) is 18.6 Å². The molecule has 3 rings (SSSR count). The number of allylic oxidation sites excluding steroid dienone is 1. The van der Waals surface area contributed by atoms with E-state index < -0.39 is 20.6 Å². The van der Waals surface area contributed by atoms with Crippen LogP contribution in [0.4, 0.5) is 5.69 Å². The third-order valence-electron chi connectivity index (χ3n) is 4.88. The standard InChI is InChI=1S/C24H22N4O4S/c1-5-16-6-8-17(9-7-16)24-28-21-11-10-18(13-22(21)32-24)27-23(29)20(12-19(14-25)26-3)15(2)33(4,30)31/h6-13H,2,5H2,1,3-4H3,(H,27,29)/b20-12+,26-19?. The molecule has 1 amide bonds. The number of anilines is 1. The lowest BCUT2D eigenvalue weighted by Gasteiger charge is -2.10. The number of carbonyl (C=O) groups is 1. The van der Waals surface area contributed by atoms with Gasteiger partial charge in [-0.2, -0.15) is 5.26 Å². The number of hydrogen-bond donors (Lipinski definition) is 1. The van der Waals surface area contributed by atoms with Crippen molar-refractivity contribution in [3.8, 4) is 17.5 Å². The molecule has 0 aliphatic heterocycles. The first-order valence-corrected chi connectivity index (χ1v) is 11.8. The number of rotatable bonds is 7. The SMILES string of the molecule is C=C(/C(=C\C(C#N)=NC)C(=O)Nc1ccc2nc(-c3ccc(CC)cc3)oc2c1)S(C)(=O)=O. The second-order valence-corrected chi connectivity index (χ2v) is 9.22. The minimum Gasteiger partial charge on any atom is -0.436 e. The third kappa shape index (κ3) is 5.42. The van der Waals surface area contributed by atoms with Crippen LogP contribution in [0.15, 0.2) is 75.0 Å². The second kappa shape index (κ2) is 9.63. The molecule has 0 bridgehead atoms. The molecule has 1 aromatic heterocycles. The van der Waals surface area contributed by atoms with Crippen LogP contribution in [0.2, 0.25) is 0 Å². The normalized spacial score (nSPS) is 12.4. The van der Waals surface area contributed by atoms with Gasteiger partial charge in [0.05, 0.1) is 10.5 Å². The van der Waals surface area contributed by atoms with Crippen molar-refractivity contribution in [3.63, 3.8) is 0 Å². The van der Waals surface area contributed by atoms with Crippen molar-refractivity contribution in [1.29, 1.82) is 5.26 Å². The van der Waals surface area contributed by atoms with E-state index in [0.717, 1.165) is 24.3 Å². The molecule has 0 radical (unpaired) electrons. The minimum absolute atomic E-state index is 0.116. The summed E-state index contributed by atoms with van der Waals surface area (Å²) in [5.74, 6) is -0.309. The molecule has 0 aliphatic rings. The summed E-state index contributed by atoms with van der Waals surface area (Å²) in [7, 11) is -2.42. The van der Waals surface area contributed by atoms with E-state index in [4.69, 9.17) is 9.68 Å². The molecule has 33 heavy (non-hydrogen) atoms. The lowest BCUT2D eigenvalue weighted by atomic mass is 10.1. The molecule has 8 nitrogen and oxygen atoms in total. The van der Waals surface area contributed by atoms with Crippen LogP contribution in [0.25, 0.3) is 22.6 Å². The second-order valence-electron chi connectivity index (χ2n) is 7.18. The van der Waals surface area contributed by atoms with Crippen molar-refractivity contribution in [2.45, 2.75) is 13.3 Å². The van der Waals surface area contributed by atoms with E-state index in [2.05, 4.69) is 28.8 Å². The summed E-state index contributed by atoms with van der Waals surface area (Å²) < 4.78 is 29.8. The van der Waals surface area contributed by atoms with Gasteiger partial charge < -0.3 is 9.73 Å². The van der Waals surface area contributed by atoms with Gasteiger partial charge in [0, 0.05) is 30.6 Å². The Hall–Kier alpha value is -4.03. The Balaban J connectivity index is 1.92. The Bertz CT molecular complexity index is 1440. The van der Waals surface area contributed by atoms with E-state index >= 15 is 0 Å². The number of amides is 1. The number of aromatic nitrogens is 1. The van der Waals surface area contributed by atoms with Gasteiger partial charge >= 0.3 is 0 Å². The van der Waals surface area contributed by atoms with Gasteiger partial charge in [-0.1, -0.05) is 25.6 Å². The fourth-order valence-corrected chi connectivity index (χ4v) is 3.51. The Morgan fingerprint density at radius 2 is 1.97 bits per heavy atom. The van der Waals surface area contributed by atoms with Crippen molar-refractivity contribution in [3.05, 3.63) is 71.2 Å². The molecule has 0 unspecified atom stereocenters. The van der Waals surface area contributed by atoms with E-state index in [1.165, 1.54) is 12.6 Å². The zero-order valence-electron chi connectivity index (χ0n) is 18.4. The number of hydrogen-bond acceptors (Lipinski definition) is 7. The summed E-state index contributed by atoms with van der Waals surface area (Å²) in [5.41, 5.74) is 3.03. The molecule has 0 saturated carbocycles. The fourth-order valence-electron chi connectivity index (χ4n) is 2.96. The van der Waals surface area contributed by atoms with Gasteiger partial charge in [-0.3, -0.25) is 9.79 Å². The van der Waals surface area contributed by atoms with Gasteiger partial charge in [0.1, 0.15) is 17.3 Å². The summed E-state index contributed by atoms with van der Waals surface area (Å²) in [6.07, 6.45) is 2.95. The Morgan fingerprint density at radius 3 is 2.55 bits per heavy atom. The average molecular weight is 463 g/mol. The molecular formula is C24H22N4O4S. The van der Waals surface area contributed by atoms with E-state index in [9.17, 15) is 13.2 Å². The molecule has 0 aliphatic carbocycles. The highest BCUT2D eigenvalue weighted by Gasteiger charge is 2.22. The molecule has 3 aromatic rings. The number of nitrogens with one attached hydrogen (secondary N) is 1. The van der Waals surface area contributed by atoms with E-state index in [-0.39, 0.29) is 11.3 Å². The maximum Gasteiger partial charge on any atom is 0.257 e. The third-order valence-corrected chi connectivity index (χ3v) is 6.00. The van der Waals surface area contributed by atoms with Gasteiger partial charge in [-0.25, -0.2) is 13.4 Å². The summed E-state index contributed by atoms with van der Waals surface area (Å²) >= 11 is 0. The number of aryl methyl sites for hydroxylation is 1. The van der Waals surface area contributed by atoms with Crippen LogP contribution in [-0.2, 0) is 21.1 Å². The summed E-state index contributed by atoms with van der Waals surface area (Å²) in [4.78, 5) is 20.7. The van der Waals surface area contributed by atoms with Gasteiger partial charge in [0.15, 0.2) is 15.4 Å². The zero-order chi connectivity index (χ0) is 24.2. The molecule has 0 saturated heterocycles. The van der Waals surface area contributed by atoms with Gasteiger partial charge in [0.25, 0.3) is 5.91 Å². The van der Waals surface area contributed by atoms with Crippen LogP contribution in [-0.4, -0.2) is 38.3 Å². The molecule has 0 spiro atoms. The topological polar surface area (TPSA) is 125 Å². The molecule has 9 heteroatoms. The van der Waals surface area contributed by atoms with Gasteiger partial charge in [0.2, 0.25) is 5.89 Å². The largest absolute Gasteiger partial charge is 0.436 e. The Morgan fingerprint density at radius 1 is 1.27 bits per heavy atom. The fraction of sp³-hybridized carbons (Fsp3) is 0.167. The highest BCUT2D eigenvalue weighted by atomic mass is 32.2. The molecular weight excluding hydrogens is 440 g/mol. The highest BCUT2D eigenvalue weighted by Crippen LogP contribution is 2.27. The predicted octanol–water partition coefficient (Wildman–Crippen LogP) is 4.07. The van der Waals surface area contributed by atoms with E-state index in [1.807, 2.05) is 24.3 Å². The van der Waals surface area contributed by atoms with Gasteiger partial charge in [-0.05, 0) is 42.3 Å². The highest BCUT2D eigenvalue weighted by molar-refractivity contribution is 7.94. The molecule has 0 atom stereocenters. The molecule has 168 valence electrons. The first-order valence-electron chi connectivity index (χ1n) is 9.95. The number of oxazole rings is 1. The molecule has 1 heterocycles. The van der Waals surface area contributed by atoms with Crippen LogP contribution in [0.3, 0.4) is 0 Å². The van der Waals surface area contributed by atoms with E-state index in [0.29, 0.717) is 22.7 Å². The predicted molar refractivity (Wildman–Crippen MR) is 128 cm³/mol. The van der Waals surface area contributed by atoms with Crippen LogP contribution >= 0.6 is 0 Å². The van der Waals surface area contributed by atoms with Crippen molar-refractivity contribution in [2.24, 2.45) is 4.99 Å². The molecule has 2 aromatic carbocycles. The lowest BCUT2D eigenvalue weighted by molar-refractivity contribution is -0.112. The Labute approximate surface area is 191 Å². The number of carbonyl (C=O) groups excluding carboxylic acids is 1. The summed E-state index contributed by atoms with van der Waals surface area (Å²) in [5, 5.41) is 11.7.